The Bertz CT molecular complexity index is 1630. The Hall–Kier alpha value is -3.58. The first-order valence-corrected chi connectivity index (χ1v) is 13.4. The van der Waals surface area contributed by atoms with Crippen molar-refractivity contribution in [1.82, 2.24) is 19.8 Å². The maximum absolute atomic E-state index is 13.3. The first kappa shape index (κ1) is 25.4. The van der Waals surface area contributed by atoms with Gasteiger partial charge < -0.3 is 34.7 Å². The van der Waals surface area contributed by atoms with Gasteiger partial charge in [0.05, 0.1) is 30.6 Å². The molecule has 0 radical (unpaired) electrons. The summed E-state index contributed by atoms with van der Waals surface area (Å²) in [5.74, 6) is -2.15. The van der Waals surface area contributed by atoms with E-state index in [2.05, 4.69) is 10.3 Å². The number of aliphatic hydroxyl groups is 4. The molecule has 40 heavy (non-hydrogen) atoms. The van der Waals surface area contributed by atoms with Gasteiger partial charge in [0.25, 0.3) is 0 Å². The maximum atomic E-state index is 13.3. The fourth-order valence-electron chi connectivity index (χ4n) is 6.72. The molecule has 208 valence electrons. The van der Waals surface area contributed by atoms with Gasteiger partial charge in [0, 0.05) is 35.2 Å². The van der Waals surface area contributed by atoms with Crippen molar-refractivity contribution in [3.05, 3.63) is 71.5 Å². The van der Waals surface area contributed by atoms with Gasteiger partial charge in [-0.15, -0.1) is 0 Å². The van der Waals surface area contributed by atoms with Gasteiger partial charge in [0.1, 0.15) is 30.6 Å². The van der Waals surface area contributed by atoms with Crippen LogP contribution in [0.25, 0.3) is 21.8 Å². The number of nitrogens with one attached hydrogen (secondary N) is 2. The van der Waals surface area contributed by atoms with Crippen molar-refractivity contribution in [2.45, 2.75) is 55.6 Å². The number of hydrogen-bond acceptors (Lipinski definition) is 8. The molecular formula is C29H30N4O7. The summed E-state index contributed by atoms with van der Waals surface area (Å²) in [5.41, 5.74) is 4.33. The summed E-state index contributed by atoms with van der Waals surface area (Å²) in [6.45, 7) is 0.239. The lowest BCUT2D eigenvalue weighted by atomic mass is 9.83. The first-order valence-electron chi connectivity index (χ1n) is 13.4. The van der Waals surface area contributed by atoms with Gasteiger partial charge in [-0.2, -0.15) is 0 Å². The van der Waals surface area contributed by atoms with E-state index in [1.165, 1.54) is 0 Å². The van der Waals surface area contributed by atoms with Crippen LogP contribution in [0.2, 0.25) is 0 Å². The molecule has 3 aliphatic heterocycles. The largest absolute Gasteiger partial charge is 0.394 e. The Morgan fingerprint density at radius 3 is 2.45 bits per heavy atom. The lowest BCUT2D eigenvalue weighted by Gasteiger charge is -2.44. The molecule has 2 aromatic heterocycles. The number of hydrogen-bond donors (Lipinski definition) is 6. The summed E-state index contributed by atoms with van der Waals surface area (Å²) in [6.07, 6.45) is -2.01. The van der Waals surface area contributed by atoms with Crippen molar-refractivity contribution in [3.63, 3.8) is 0 Å². The number of ether oxygens (including phenoxy) is 1. The van der Waals surface area contributed by atoms with Crippen LogP contribution < -0.4 is 5.32 Å². The summed E-state index contributed by atoms with van der Waals surface area (Å²) < 4.78 is 7.84. The van der Waals surface area contributed by atoms with Crippen LogP contribution in [0.4, 0.5) is 0 Å². The van der Waals surface area contributed by atoms with E-state index in [9.17, 15) is 30.0 Å². The SMILES string of the molecule is O=C1NC(=O)[C@@H](c2cn3c4c(cccc24)CCN(C2O[C@H](CO)[C@@H](O)[C@H](O)[C@H]2O)C3)[C@@H]1c1c[nH]c2ccccc12. The third kappa shape index (κ3) is 3.74. The molecule has 11 nitrogen and oxygen atoms in total. The summed E-state index contributed by atoms with van der Waals surface area (Å²) in [6, 6.07) is 13.6. The number of para-hydroxylation sites is 2. The van der Waals surface area contributed by atoms with E-state index >= 15 is 0 Å². The van der Waals surface area contributed by atoms with E-state index in [-0.39, 0.29) is 18.5 Å². The van der Waals surface area contributed by atoms with Crippen LogP contribution in [0.1, 0.15) is 28.5 Å². The van der Waals surface area contributed by atoms with Crippen molar-refractivity contribution < 1.29 is 34.8 Å². The molecule has 4 aromatic rings. The number of imide groups is 1. The van der Waals surface area contributed by atoms with Crippen LogP contribution in [0.3, 0.4) is 0 Å². The monoisotopic (exact) mass is 546 g/mol. The molecule has 1 unspecified atom stereocenters. The zero-order chi connectivity index (χ0) is 27.7. The second-order valence-electron chi connectivity index (χ2n) is 10.9. The molecule has 0 bridgehead atoms. The Balaban J connectivity index is 1.30. The van der Waals surface area contributed by atoms with Gasteiger partial charge in [0.2, 0.25) is 11.8 Å². The van der Waals surface area contributed by atoms with Gasteiger partial charge >= 0.3 is 0 Å². The van der Waals surface area contributed by atoms with E-state index in [0.29, 0.717) is 13.0 Å². The predicted octanol–water partition coefficient (Wildman–Crippen LogP) is 0.262. The zero-order valence-electron chi connectivity index (χ0n) is 21.5. The summed E-state index contributed by atoms with van der Waals surface area (Å²) in [4.78, 5) is 31.6. The topological polar surface area (TPSA) is 160 Å². The molecule has 7 atom stereocenters. The average molecular weight is 547 g/mol. The van der Waals surface area contributed by atoms with Gasteiger partial charge in [0.15, 0.2) is 0 Å². The van der Waals surface area contributed by atoms with Crippen LogP contribution in [-0.2, 0) is 27.4 Å². The predicted molar refractivity (Wildman–Crippen MR) is 143 cm³/mol. The van der Waals surface area contributed by atoms with E-state index in [0.717, 1.165) is 38.5 Å². The lowest BCUT2D eigenvalue weighted by Crippen LogP contribution is -2.63. The van der Waals surface area contributed by atoms with Crippen LogP contribution in [0, 0.1) is 0 Å². The van der Waals surface area contributed by atoms with Crippen LogP contribution in [-0.4, -0.2) is 90.5 Å². The van der Waals surface area contributed by atoms with E-state index in [4.69, 9.17) is 4.74 Å². The molecule has 0 saturated carbocycles. The molecule has 7 rings (SSSR count). The summed E-state index contributed by atoms with van der Waals surface area (Å²) in [7, 11) is 0. The summed E-state index contributed by atoms with van der Waals surface area (Å²) >= 11 is 0. The first-order chi connectivity index (χ1) is 19.4. The highest BCUT2D eigenvalue weighted by atomic mass is 16.6. The van der Waals surface area contributed by atoms with Gasteiger partial charge in [-0.1, -0.05) is 36.4 Å². The molecule has 0 spiro atoms. The minimum Gasteiger partial charge on any atom is -0.394 e. The highest BCUT2D eigenvalue weighted by Gasteiger charge is 2.48. The fourth-order valence-corrected chi connectivity index (χ4v) is 6.72. The van der Waals surface area contributed by atoms with E-state index in [1.54, 1.807) is 6.20 Å². The molecular weight excluding hydrogens is 516 g/mol. The Labute approximate surface area is 228 Å². The number of aliphatic hydroxyl groups excluding tert-OH is 4. The van der Waals surface area contributed by atoms with Crippen LogP contribution in [0.15, 0.2) is 54.9 Å². The molecule has 6 N–H and O–H groups in total. The minimum atomic E-state index is -1.48. The number of rotatable bonds is 4. The molecule has 3 aliphatic rings. The quantitative estimate of drug-likeness (QED) is 0.199. The van der Waals surface area contributed by atoms with Crippen LogP contribution >= 0.6 is 0 Å². The lowest BCUT2D eigenvalue weighted by molar-refractivity contribution is -0.268. The number of aromatic nitrogens is 2. The number of carbonyl (C=O) groups excluding carboxylic acids is 2. The second-order valence-corrected chi connectivity index (χ2v) is 10.9. The van der Waals surface area contributed by atoms with Gasteiger partial charge in [-0.3, -0.25) is 19.8 Å². The Kier molecular flexibility index (Phi) is 6.04. The molecule has 2 amide bonds. The molecule has 5 heterocycles. The number of benzene rings is 2. The number of aromatic amines is 1. The smallest absolute Gasteiger partial charge is 0.235 e. The number of fused-ring (bicyclic) bond motifs is 1. The number of amides is 2. The fraction of sp³-hybridized carbons (Fsp3) is 0.379. The normalized spacial score (nSPS) is 31.1. The zero-order valence-corrected chi connectivity index (χ0v) is 21.5. The van der Waals surface area contributed by atoms with Crippen molar-refractivity contribution >= 4 is 33.6 Å². The van der Waals surface area contributed by atoms with Crippen molar-refractivity contribution in [3.8, 4) is 0 Å². The highest BCUT2D eigenvalue weighted by Crippen LogP contribution is 2.44. The number of carbonyl (C=O) groups is 2. The standard InChI is InChI=1S/C29H30N4O7/c34-12-20-24(35)25(36)26(37)29(40-20)32-9-8-14-4-3-6-16-18(11-33(13-32)23(14)16)22-21(27(38)31-28(22)39)17-10-30-19-7-2-1-5-15(17)19/h1-7,10-11,20-22,24-26,29-30,34-37H,8-9,12-13H2,(H,31,38,39)/t20-,21+,22+,24-,25+,26-,29?/m1/s1. The maximum Gasteiger partial charge on any atom is 0.235 e. The highest BCUT2D eigenvalue weighted by molar-refractivity contribution is 6.13. The Morgan fingerprint density at radius 1 is 0.900 bits per heavy atom. The van der Waals surface area contributed by atoms with Crippen molar-refractivity contribution in [2.75, 3.05) is 13.2 Å². The average Bonchev–Trinajstić information content (AvgIpc) is 3.58. The molecule has 11 heteroatoms. The minimum absolute atomic E-state index is 0.260. The van der Waals surface area contributed by atoms with E-state index < -0.39 is 49.1 Å². The van der Waals surface area contributed by atoms with Crippen molar-refractivity contribution in [2.24, 2.45) is 0 Å². The molecule has 0 aliphatic carbocycles. The molecule has 2 saturated heterocycles. The number of H-pyrrole nitrogens is 1. The van der Waals surface area contributed by atoms with Crippen molar-refractivity contribution in [1.29, 1.82) is 0 Å². The van der Waals surface area contributed by atoms with Gasteiger partial charge in [-0.05, 0) is 29.2 Å². The third-order valence-corrected chi connectivity index (χ3v) is 8.68. The van der Waals surface area contributed by atoms with Gasteiger partial charge in [-0.25, -0.2) is 0 Å². The van der Waals surface area contributed by atoms with Crippen LogP contribution in [0.5, 0.6) is 0 Å². The summed E-state index contributed by atoms with van der Waals surface area (Å²) in [5, 5.41) is 45.4. The Morgan fingerprint density at radius 2 is 1.65 bits per heavy atom. The second kappa shape index (κ2) is 9.51. The number of nitrogens with zero attached hydrogens (tertiary/aromatic N) is 2. The third-order valence-electron chi connectivity index (χ3n) is 8.68. The van der Waals surface area contributed by atoms with E-state index in [1.807, 2.05) is 58.1 Å². The molecule has 2 fully saturated rings. The molecule has 2 aromatic carbocycles.